The summed E-state index contributed by atoms with van der Waals surface area (Å²) < 4.78 is 1.04. The van der Waals surface area contributed by atoms with E-state index in [4.69, 9.17) is 11.6 Å². The highest BCUT2D eigenvalue weighted by Crippen LogP contribution is 2.35. The predicted octanol–water partition coefficient (Wildman–Crippen LogP) is 4.95. The Balaban J connectivity index is 2.88. The number of nitrogens with zero attached hydrogens (tertiary/aromatic N) is 1. The lowest BCUT2D eigenvalue weighted by molar-refractivity contribution is 0.592. The molecule has 0 bridgehead atoms. The SMILES string of the molecule is CC(C)(C)c1c(Br)cnc2ccc(Cl)cc12. The quantitative estimate of drug-likeness (QED) is 0.670. The molecule has 0 atom stereocenters. The zero-order valence-electron chi connectivity index (χ0n) is 9.51. The standard InChI is InChI=1S/C13H13BrClN/c1-13(2,3)12-9-6-8(15)4-5-11(9)16-7-10(12)14/h4-7H,1-3H3. The highest BCUT2D eigenvalue weighted by Gasteiger charge is 2.20. The number of pyridine rings is 1. The molecule has 0 radical (unpaired) electrons. The van der Waals surface area contributed by atoms with Crippen molar-refractivity contribution in [3.63, 3.8) is 0 Å². The van der Waals surface area contributed by atoms with E-state index in [1.807, 2.05) is 24.4 Å². The molecule has 0 amide bonds. The maximum absolute atomic E-state index is 6.05. The van der Waals surface area contributed by atoms with Crippen LogP contribution >= 0.6 is 27.5 Å². The number of benzene rings is 1. The first-order valence-electron chi connectivity index (χ1n) is 5.14. The van der Waals surface area contributed by atoms with Crippen LogP contribution in [0.25, 0.3) is 10.9 Å². The number of halogens is 2. The molecule has 1 aromatic carbocycles. The van der Waals surface area contributed by atoms with Crippen LogP contribution in [-0.4, -0.2) is 4.98 Å². The van der Waals surface area contributed by atoms with Gasteiger partial charge in [-0.1, -0.05) is 32.4 Å². The summed E-state index contributed by atoms with van der Waals surface area (Å²) in [6.07, 6.45) is 1.86. The molecule has 0 unspecified atom stereocenters. The van der Waals surface area contributed by atoms with Crippen molar-refractivity contribution in [3.8, 4) is 0 Å². The molecule has 0 aliphatic heterocycles. The van der Waals surface area contributed by atoms with E-state index in [2.05, 4.69) is 41.7 Å². The van der Waals surface area contributed by atoms with Crippen molar-refractivity contribution in [1.29, 1.82) is 0 Å². The molecule has 16 heavy (non-hydrogen) atoms. The molecule has 0 N–H and O–H groups in total. The van der Waals surface area contributed by atoms with E-state index in [9.17, 15) is 0 Å². The molecule has 0 spiro atoms. The Morgan fingerprint density at radius 1 is 1.25 bits per heavy atom. The van der Waals surface area contributed by atoms with Crippen molar-refractivity contribution < 1.29 is 0 Å². The van der Waals surface area contributed by atoms with E-state index in [-0.39, 0.29) is 5.41 Å². The fourth-order valence-electron chi connectivity index (χ4n) is 1.90. The summed E-state index contributed by atoms with van der Waals surface area (Å²) in [5.74, 6) is 0. The average molecular weight is 299 g/mol. The van der Waals surface area contributed by atoms with E-state index in [0.717, 1.165) is 20.4 Å². The number of hydrogen-bond acceptors (Lipinski definition) is 1. The van der Waals surface area contributed by atoms with E-state index >= 15 is 0 Å². The Bertz CT molecular complexity index is 538. The second kappa shape index (κ2) is 4.01. The van der Waals surface area contributed by atoms with Gasteiger partial charge in [0.2, 0.25) is 0 Å². The molecular weight excluding hydrogens is 286 g/mol. The second-order valence-electron chi connectivity index (χ2n) is 4.89. The van der Waals surface area contributed by atoms with Crippen LogP contribution in [-0.2, 0) is 5.41 Å². The fourth-order valence-corrected chi connectivity index (χ4v) is 2.99. The third kappa shape index (κ3) is 2.09. The molecular formula is C13H13BrClN. The minimum Gasteiger partial charge on any atom is -0.255 e. The van der Waals surface area contributed by atoms with E-state index in [1.54, 1.807) is 0 Å². The van der Waals surface area contributed by atoms with Crippen molar-refractivity contribution in [2.45, 2.75) is 26.2 Å². The van der Waals surface area contributed by atoms with Gasteiger partial charge < -0.3 is 0 Å². The van der Waals surface area contributed by atoms with Gasteiger partial charge in [-0.25, -0.2) is 0 Å². The topological polar surface area (TPSA) is 12.9 Å². The number of fused-ring (bicyclic) bond motifs is 1. The highest BCUT2D eigenvalue weighted by atomic mass is 79.9. The highest BCUT2D eigenvalue weighted by molar-refractivity contribution is 9.10. The van der Waals surface area contributed by atoms with Crippen LogP contribution in [0.15, 0.2) is 28.9 Å². The summed E-state index contributed by atoms with van der Waals surface area (Å²) >= 11 is 9.62. The van der Waals surface area contributed by atoms with E-state index in [0.29, 0.717) is 0 Å². The van der Waals surface area contributed by atoms with Crippen LogP contribution < -0.4 is 0 Å². The summed E-state index contributed by atoms with van der Waals surface area (Å²) in [5, 5.41) is 1.87. The van der Waals surface area contributed by atoms with Crippen molar-refractivity contribution in [3.05, 3.63) is 39.5 Å². The molecule has 1 nitrogen and oxygen atoms in total. The molecule has 2 rings (SSSR count). The van der Waals surface area contributed by atoms with Crippen LogP contribution in [0.4, 0.5) is 0 Å². The molecule has 1 aromatic heterocycles. The molecule has 1 heterocycles. The lowest BCUT2D eigenvalue weighted by Crippen LogP contribution is -2.13. The Kier molecular flexibility index (Phi) is 2.97. The van der Waals surface area contributed by atoms with Gasteiger partial charge in [-0.15, -0.1) is 0 Å². The Morgan fingerprint density at radius 2 is 1.94 bits per heavy atom. The second-order valence-corrected chi connectivity index (χ2v) is 6.18. The molecule has 0 saturated carbocycles. The first kappa shape index (κ1) is 11.9. The molecule has 2 aromatic rings. The van der Waals surface area contributed by atoms with Gasteiger partial charge in [-0.05, 0) is 45.1 Å². The normalized spacial score (nSPS) is 12.1. The maximum atomic E-state index is 6.05. The Hall–Kier alpha value is -0.600. The number of hydrogen-bond donors (Lipinski definition) is 0. The van der Waals surface area contributed by atoms with E-state index < -0.39 is 0 Å². The zero-order valence-corrected chi connectivity index (χ0v) is 11.9. The smallest absolute Gasteiger partial charge is 0.0706 e. The molecule has 0 aliphatic carbocycles. The molecule has 0 aliphatic rings. The van der Waals surface area contributed by atoms with Crippen LogP contribution in [0.1, 0.15) is 26.3 Å². The van der Waals surface area contributed by atoms with Crippen LogP contribution in [0.5, 0.6) is 0 Å². The first-order chi connectivity index (χ1) is 7.39. The summed E-state index contributed by atoms with van der Waals surface area (Å²) in [7, 11) is 0. The first-order valence-corrected chi connectivity index (χ1v) is 6.31. The lowest BCUT2D eigenvalue weighted by Gasteiger charge is -2.22. The van der Waals surface area contributed by atoms with Crippen molar-refractivity contribution >= 4 is 38.4 Å². The van der Waals surface area contributed by atoms with Crippen molar-refractivity contribution in [2.75, 3.05) is 0 Å². The summed E-state index contributed by atoms with van der Waals surface area (Å²) in [6, 6.07) is 5.81. The molecule has 3 heteroatoms. The van der Waals surface area contributed by atoms with Gasteiger partial charge in [0, 0.05) is 21.1 Å². The van der Waals surface area contributed by atoms with Gasteiger partial charge in [0.15, 0.2) is 0 Å². The van der Waals surface area contributed by atoms with Gasteiger partial charge >= 0.3 is 0 Å². The van der Waals surface area contributed by atoms with Gasteiger partial charge in [0.05, 0.1) is 5.52 Å². The van der Waals surface area contributed by atoms with E-state index in [1.165, 1.54) is 5.56 Å². The maximum Gasteiger partial charge on any atom is 0.0706 e. The summed E-state index contributed by atoms with van der Waals surface area (Å²) in [4.78, 5) is 4.39. The minimum absolute atomic E-state index is 0.0602. The zero-order chi connectivity index (χ0) is 11.9. The third-order valence-corrected chi connectivity index (χ3v) is 3.37. The largest absolute Gasteiger partial charge is 0.255 e. The molecule has 84 valence electrons. The predicted molar refractivity (Wildman–Crippen MR) is 73.2 cm³/mol. The molecule has 0 saturated heterocycles. The molecule has 0 fully saturated rings. The average Bonchev–Trinajstić information content (AvgIpc) is 2.14. The number of aromatic nitrogens is 1. The van der Waals surface area contributed by atoms with Crippen molar-refractivity contribution in [1.82, 2.24) is 4.98 Å². The minimum atomic E-state index is 0.0602. The third-order valence-electron chi connectivity index (χ3n) is 2.53. The monoisotopic (exact) mass is 297 g/mol. The van der Waals surface area contributed by atoms with Crippen LogP contribution in [0, 0.1) is 0 Å². The Morgan fingerprint density at radius 3 is 2.56 bits per heavy atom. The van der Waals surface area contributed by atoms with Crippen LogP contribution in [0.3, 0.4) is 0 Å². The van der Waals surface area contributed by atoms with Crippen molar-refractivity contribution in [2.24, 2.45) is 0 Å². The fraction of sp³-hybridized carbons (Fsp3) is 0.308. The summed E-state index contributed by atoms with van der Waals surface area (Å²) in [5.41, 5.74) is 2.29. The number of rotatable bonds is 0. The van der Waals surface area contributed by atoms with Gasteiger partial charge in [-0.3, -0.25) is 4.98 Å². The van der Waals surface area contributed by atoms with Gasteiger partial charge in [0.25, 0.3) is 0 Å². The van der Waals surface area contributed by atoms with Gasteiger partial charge in [-0.2, -0.15) is 0 Å². The van der Waals surface area contributed by atoms with Crippen LogP contribution in [0.2, 0.25) is 5.02 Å². The lowest BCUT2D eigenvalue weighted by atomic mass is 9.85. The van der Waals surface area contributed by atoms with Gasteiger partial charge in [0.1, 0.15) is 0 Å². The summed E-state index contributed by atoms with van der Waals surface area (Å²) in [6.45, 7) is 6.56. The Labute approximate surface area is 109 Å².